The first-order valence-electron chi connectivity index (χ1n) is 12.7. The van der Waals surface area contributed by atoms with Crippen LogP contribution in [0, 0.1) is 0 Å². The number of ether oxygens (including phenoxy) is 2. The quantitative estimate of drug-likeness (QED) is 0.398. The van der Waals surface area contributed by atoms with Gasteiger partial charge in [-0.3, -0.25) is 0 Å². The van der Waals surface area contributed by atoms with E-state index in [0.717, 1.165) is 53.5 Å². The van der Waals surface area contributed by atoms with E-state index in [2.05, 4.69) is 36.4 Å². The van der Waals surface area contributed by atoms with E-state index in [1.165, 1.54) is 10.2 Å². The number of aryl methyl sites for hydroxylation is 2. The van der Waals surface area contributed by atoms with E-state index in [9.17, 15) is 9.59 Å². The molecule has 192 valence electrons. The number of carbonyl (C=O) groups is 2. The molecule has 1 aliphatic carbocycles. The molecule has 2 aromatic heterocycles. The molecular weight excluding hydrogens is 456 g/mol. The second-order valence-electron chi connectivity index (χ2n) is 12.6. The smallest absolute Gasteiger partial charge is 0.435 e. The van der Waals surface area contributed by atoms with Crippen molar-refractivity contribution in [3.63, 3.8) is 0 Å². The molecule has 3 heterocycles. The van der Waals surface area contributed by atoms with E-state index in [0.29, 0.717) is 11.4 Å². The topological polar surface area (TPSA) is 87.4 Å². The lowest BCUT2D eigenvalue weighted by Crippen LogP contribution is -2.28. The van der Waals surface area contributed by atoms with Crippen LogP contribution in [0.15, 0.2) is 18.3 Å². The number of rotatable bonds is 0. The van der Waals surface area contributed by atoms with Crippen molar-refractivity contribution in [1.82, 2.24) is 14.3 Å². The van der Waals surface area contributed by atoms with Crippen molar-refractivity contribution in [1.29, 1.82) is 0 Å². The fourth-order valence-corrected chi connectivity index (χ4v) is 5.16. The first kappa shape index (κ1) is 24.4. The van der Waals surface area contributed by atoms with E-state index in [1.807, 2.05) is 41.5 Å². The van der Waals surface area contributed by atoms with E-state index in [4.69, 9.17) is 9.47 Å². The fraction of sp³-hybridized carbons (Fsp3) is 0.536. The molecule has 1 N–H and O–H groups in total. The second-order valence-corrected chi connectivity index (χ2v) is 12.6. The number of fused-ring (bicyclic) bond motifs is 6. The molecule has 0 radical (unpaired) electrons. The summed E-state index contributed by atoms with van der Waals surface area (Å²) in [5.41, 5.74) is 5.01. The summed E-state index contributed by atoms with van der Waals surface area (Å²) < 4.78 is 14.4. The van der Waals surface area contributed by atoms with Gasteiger partial charge in [0.05, 0.1) is 11.2 Å². The highest BCUT2D eigenvalue weighted by atomic mass is 16.6. The Balaban J connectivity index is 1.76. The van der Waals surface area contributed by atoms with Gasteiger partial charge >= 0.3 is 12.2 Å². The number of anilines is 1. The molecule has 0 saturated carbocycles. The average molecular weight is 493 g/mol. The highest BCUT2D eigenvalue weighted by molar-refractivity contribution is 6.02. The molecular formula is C28H36N4O4. The highest BCUT2D eigenvalue weighted by Crippen LogP contribution is 2.44. The Labute approximate surface area is 211 Å². The van der Waals surface area contributed by atoms with Crippen LogP contribution < -0.4 is 5.32 Å². The lowest BCUT2D eigenvalue weighted by molar-refractivity contribution is 0.0513. The molecule has 3 aromatic rings. The largest absolute Gasteiger partial charge is 0.443 e. The van der Waals surface area contributed by atoms with Crippen molar-refractivity contribution in [2.45, 2.75) is 91.3 Å². The van der Waals surface area contributed by atoms with Gasteiger partial charge in [-0.05, 0) is 84.1 Å². The summed E-state index contributed by atoms with van der Waals surface area (Å²) in [7, 11) is 0. The summed E-state index contributed by atoms with van der Waals surface area (Å²) in [4.78, 5) is 26.6. The third-order valence-electron chi connectivity index (χ3n) is 6.71. The minimum Gasteiger partial charge on any atom is -0.443 e. The predicted molar refractivity (Wildman–Crippen MR) is 140 cm³/mol. The predicted octanol–water partition coefficient (Wildman–Crippen LogP) is 6.26. The summed E-state index contributed by atoms with van der Waals surface area (Å²) in [6.45, 7) is 16.3. The molecule has 1 aliphatic heterocycles. The molecule has 0 atom stereocenters. The van der Waals surface area contributed by atoms with Crippen molar-refractivity contribution in [3.8, 4) is 11.4 Å². The van der Waals surface area contributed by atoms with Crippen LogP contribution in [0.1, 0.15) is 78.5 Å². The molecule has 8 heteroatoms. The Morgan fingerprint density at radius 2 is 1.67 bits per heavy atom. The lowest BCUT2D eigenvalue weighted by Gasteiger charge is -2.21. The van der Waals surface area contributed by atoms with Crippen molar-refractivity contribution in [2.75, 3.05) is 11.9 Å². The Morgan fingerprint density at radius 3 is 2.33 bits per heavy atom. The first-order chi connectivity index (χ1) is 16.6. The number of hydrogen-bond donors (Lipinski definition) is 1. The molecule has 5 rings (SSSR count). The zero-order chi connectivity index (χ0) is 26.2. The Hall–Kier alpha value is -3.29. The summed E-state index contributed by atoms with van der Waals surface area (Å²) in [5.74, 6) is 0. The van der Waals surface area contributed by atoms with Crippen LogP contribution in [0.2, 0.25) is 0 Å². The zero-order valence-electron chi connectivity index (χ0n) is 22.5. The summed E-state index contributed by atoms with van der Waals surface area (Å²) in [6, 6.07) is 4.28. The van der Waals surface area contributed by atoms with Gasteiger partial charge in [-0.15, -0.1) is 0 Å². The third-order valence-corrected chi connectivity index (χ3v) is 6.71. The van der Waals surface area contributed by atoms with Crippen molar-refractivity contribution in [2.24, 2.45) is 0 Å². The number of nitrogens with zero attached hydrogens (tertiary/aromatic N) is 3. The van der Waals surface area contributed by atoms with Crippen molar-refractivity contribution < 1.29 is 19.1 Å². The SMILES string of the molecule is CC(C)(C)OC(=O)n1cc2c(n1)-c1c(c3cc4c(cc3n1C(=O)OC(C)(C)C)C(C)(C)CN4)CCC2. The fourth-order valence-electron chi connectivity index (χ4n) is 5.16. The van der Waals surface area contributed by atoms with E-state index in [-0.39, 0.29) is 5.41 Å². The molecule has 0 bridgehead atoms. The van der Waals surface area contributed by atoms with Crippen LogP contribution in [0.5, 0.6) is 0 Å². The summed E-state index contributed by atoms with van der Waals surface area (Å²) in [5, 5.41) is 9.23. The first-order valence-corrected chi connectivity index (χ1v) is 12.7. The van der Waals surface area contributed by atoms with Crippen LogP contribution in [0.4, 0.5) is 15.3 Å². The normalized spacial score (nSPS) is 16.6. The minimum atomic E-state index is -0.665. The monoisotopic (exact) mass is 492 g/mol. The lowest BCUT2D eigenvalue weighted by atomic mass is 9.86. The number of nitrogens with one attached hydrogen (secondary N) is 1. The average Bonchev–Trinajstić information content (AvgIpc) is 3.33. The minimum absolute atomic E-state index is 0.0621. The molecule has 1 aromatic carbocycles. The molecule has 0 spiro atoms. The maximum Gasteiger partial charge on any atom is 0.435 e. The Bertz CT molecular complexity index is 1400. The number of carbonyl (C=O) groups excluding carboxylic acids is 2. The van der Waals surface area contributed by atoms with Crippen LogP contribution in [0.3, 0.4) is 0 Å². The molecule has 0 amide bonds. The van der Waals surface area contributed by atoms with Gasteiger partial charge < -0.3 is 14.8 Å². The van der Waals surface area contributed by atoms with E-state index in [1.54, 1.807) is 10.8 Å². The third kappa shape index (κ3) is 4.16. The molecule has 2 aliphatic rings. The van der Waals surface area contributed by atoms with Gasteiger partial charge in [0.2, 0.25) is 0 Å². The van der Waals surface area contributed by atoms with Crippen molar-refractivity contribution in [3.05, 3.63) is 35.0 Å². The van der Waals surface area contributed by atoms with E-state index >= 15 is 0 Å². The highest BCUT2D eigenvalue weighted by Gasteiger charge is 2.35. The number of benzene rings is 1. The zero-order valence-corrected chi connectivity index (χ0v) is 22.5. The van der Waals surface area contributed by atoms with Gasteiger partial charge in [0, 0.05) is 34.8 Å². The van der Waals surface area contributed by atoms with Crippen LogP contribution in [0.25, 0.3) is 22.3 Å². The summed E-state index contributed by atoms with van der Waals surface area (Å²) >= 11 is 0. The van der Waals surface area contributed by atoms with Gasteiger partial charge in [-0.25, -0.2) is 14.2 Å². The molecule has 36 heavy (non-hydrogen) atoms. The second kappa shape index (κ2) is 7.85. The van der Waals surface area contributed by atoms with Crippen LogP contribution >= 0.6 is 0 Å². The maximum absolute atomic E-state index is 13.7. The van der Waals surface area contributed by atoms with Crippen LogP contribution in [-0.4, -0.2) is 44.3 Å². The van der Waals surface area contributed by atoms with Crippen LogP contribution in [-0.2, 0) is 27.7 Å². The Morgan fingerprint density at radius 1 is 1.00 bits per heavy atom. The molecule has 8 nitrogen and oxygen atoms in total. The standard InChI is InChI=1S/C28H36N4O4/c1-26(2,3)35-24(33)31-14-16-10-9-11-17-18-12-20-19(28(7,8)15-29-20)13-21(18)32(23(17)22(16)30-31)25(34)36-27(4,5)6/h12-14,29H,9-11,15H2,1-8H3. The van der Waals surface area contributed by atoms with Crippen molar-refractivity contribution >= 4 is 28.8 Å². The maximum atomic E-state index is 13.7. The Kier molecular flexibility index (Phi) is 5.32. The molecule has 0 fully saturated rings. The van der Waals surface area contributed by atoms with Gasteiger partial charge in [-0.1, -0.05) is 13.8 Å². The summed E-state index contributed by atoms with van der Waals surface area (Å²) in [6.07, 6.45) is 3.17. The number of aromatic nitrogens is 3. The van der Waals surface area contributed by atoms with E-state index < -0.39 is 23.4 Å². The van der Waals surface area contributed by atoms with Gasteiger partial charge in [0.25, 0.3) is 0 Å². The molecule has 0 unspecified atom stereocenters. The van der Waals surface area contributed by atoms with Gasteiger partial charge in [0.1, 0.15) is 16.9 Å². The molecule has 0 saturated heterocycles. The van der Waals surface area contributed by atoms with Gasteiger partial charge in [-0.2, -0.15) is 9.78 Å². The van der Waals surface area contributed by atoms with Gasteiger partial charge in [0.15, 0.2) is 0 Å². The number of hydrogen-bond acceptors (Lipinski definition) is 6.